The molecular formula is C20H27N3O4Si2. The average Bonchev–Trinajstić information content (AvgIpc) is 2.78. The molecule has 0 saturated heterocycles. The summed E-state index contributed by atoms with van der Waals surface area (Å²) in [4.78, 5) is 0. The Morgan fingerprint density at radius 1 is 0.897 bits per heavy atom. The van der Waals surface area contributed by atoms with Gasteiger partial charge in [-0.3, -0.25) is 0 Å². The number of para-hydroxylation sites is 1. The monoisotopic (exact) mass is 429 g/mol. The average molecular weight is 430 g/mol. The third-order valence-electron chi connectivity index (χ3n) is 3.74. The van der Waals surface area contributed by atoms with Gasteiger partial charge in [0.2, 0.25) is 19.5 Å². The van der Waals surface area contributed by atoms with Gasteiger partial charge in [-0.25, -0.2) is 0 Å². The first-order valence-electron chi connectivity index (χ1n) is 9.56. The van der Waals surface area contributed by atoms with Crippen molar-refractivity contribution in [3.8, 4) is 34.3 Å². The van der Waals surface area contributed by atoms with Gasteiger partial charge in [0.05, 0.1) is 13.3 Å². The lowest BCUT2D eigenvalue weighted by molar-refractivity contribution is 0.410. The van der Waals surface area contributed by atoms with Crippen LogP contribution in [0.3, 0.4) is 0 Å². The lowest BCUT2D eigenvalue weighted by Crippen LogP contribution is -2.05. The summed E-state index contributed by atoms with van der Waals surface area (Å²) in [6.07, 6.45) is 1.55. The SMILES string of the molecule is CC[SiH2]Oc1cccc(O)c1O[SiH2]CC.COc1cnnnc1-c1ccccc1. The van der Waals surface area contributed by atoms with Gasteiger partial charge in [0, 0.05) is 5.56 Å². The van der Waals surface area contributed by atoms with E-state index in [1.807, 2.05) is 36.4 Å². The maximum absolute atomic E-state index is 9.65. The van der Waals surface area contributed by atoms with Crippen LogP contribution in [0.15, 0.2) is 54.7 Å². The summed E-state index contributed by atoms with van der Waals surface area (Å²) < 4.78 is 16.4. The van der Waals surface area contributed by atoms with Gasteiger partial charge in [0.1, 0.15) is 11.4 Å². The molecule has 29 heavy (non-hydrogen) atoms. The first kappa shape index (κ1) is 22.4. The molecule has 7 nitrogen and oxygen atoms in total. The molecule has 0 spiro atoms. The number of hydrogen-bond donors (Lipinski definition) is 1. The maximum Gasteiger partial charge on any atom is 0.219 e. The molecule has 154 valence electrons. The maximum atomic E-state index is 9.65. The summed E-state index contributed by atoms with van der Waals surface area (Å²) in [6, 6.07) is 17.2. The highest BCUT2D eigenvalue weighted by molar-refractivity contribution is 6.29. The van der Waals surface area contributed by atoms with E-state index in [1.165, 1.54) is 0 Å². The number of aromatic nitrogens is 3. The van der Waals surface area contributed by atoms with Crippen molar-refractivity contribution in [2.45, 2.75) is 25.9 Å². The van der Waals surface area contributed by atoms with E-state index in [9.17, 15) is 5.11 Å². The van der Waals surface area contributed by atoms with E-state index in [1.54, 1.807) is 25.4 Å². The number of phenolic OH excluding ortho intramolecular Hbond substituents is 1. The Kier molecular flexibility index (Phi) is 9.66. The highest BCUT2D eigenvalue weighted by atomic mass is 28.2. The highest BCUT2D eigenvalue weighted by Crippen LogP contribution is 2.35. The zero-order valence-electron chi connectivity index (χ0n) is 17.0. The van der Waals surface area contributed by atoms with Crippen molar-refractivity contribution in [3.05, 3.63) is 54.7 Å². The molecule has 3 aromatic rings. The van der Waals surface area contributed by atoms with E-state index in [-0.39, 0.29) is 5.75 Å². The topological polar surface area (TPSA) is 86.6 Å². The summed E-state index contributed by atoms with van der Waals surface area (Å²) in [5, 5.41) is 20.8. The molecule has 0 saturated carbocycles. The van der Waals surface area contributed by atoms with Gasteiger partial charge in [0.25, 0.3) is 0 Å². The van der Waals surface area contributed by atoms with Gasteiger partial charge in [-0.2, -0.15) is 0 Å². The molecule has 0 aliphatic rings. The molecule has 0 aliphatic carbocycles. The first-order chi connectivity index (χ1) is 14.2. The second-order valence-corrected chi connectivity index (χ2v) is 9.41. The van der Waals surface area contributed by atoms with Crippen LogP contribution in [-0.4, -0.2) is 47.2 Å². The molecular weight excluding hydrogens is 402 g/mol. The van der Waals surface area contributed by atoms with Gasteiger partial charge < -0.3 is 18.7 Å². The molecule has 0 atom stereocenters. The fourth-order valence-electron chi connectivity index (χ4n) is 2.38. The molecule has 0 amide bonds. The molecule has 1 N–H and O–H groups in total. The molecule has 0 radical (unpaired) electrons. The molecule has 9 heteroatoms. The fraction of sp³-hybridized carbons (Fsp3) is 0.250. The van der Waals surface area contributed by atoms with Crippen LogP contribution in [0.4, 0.5) is 0 Å². The second-order valence-electron chi connectivity index (χ2n) is 6.02. The zero-order valence-corrected chi connectivity index (χ0v) is 19.9. The largest absolute Gasteiger partial charge is 0.547 e. The second kappa shape index (κ2) is 12.5. The normalized spacial score (nSPS) is 10.7. The summed E-state index contributed by atoms with van der Waals surface area (Å²) in [5.74, 6) is 2.08. The number of ether oxygens (including phenoxy) is 1. The number of benzene rings is 2. The van der Waals surface area contributed by atoms with E-state index in [4.69, 9.17) is 13.6 Å². The minimum atomic E-state index is -0.567. The van der Waals surface area contributed by atoms with Crippen molar-refractivity contribution in [2.24, 2.45) is 0 Å². The van der Waals surface area contributed by atoms with Crippen LogP contribution in [0.5, 0.6) is 23.0 Å². The Balaban J connectivity index is 0.000000207. The molecule has 3 rings (SSSR count). The van der Waals surface area contributed by atoms with E-state index in [2.05, 4.69) is 29.3 Å². The highest BCUT2D eigenvalue weighted by Gasteiger charge is 2.09. The smallest absolute Gasteiger partial charge is 0.219 e. The van der Waals surface area contributed by atoms with Crippen molar-refractivity contribution in [1.29, 1.82) is 0 Å². The Morgan fingerprint density at radius 3 is 2.31 bits per heavy atom. The number of methoxy groups -OCH3 is 1. The number of phenols is 1. The Bertz CT molecular complexity index is 869. The van der Waals surface area contributed by atoms with E-state index in [0.717, 1.165) is 17.7 Å². The third kappa shape index (κ3) is 6.88. The molecule has 0 aliphatic heterocycles. The number of hydrogen-bond acceptors (Lipinski definition) is 7. The number of rotatable bonds is 8. The van der Waals surface area contributed by atoms with Gasteiger partial charge >= 0.3 is 0 Å². The van der Waals surface area contributed by atoms with Crippen LogP contribution < -0.4 is 13.6 Å². The summed E-state index contributed by atoms with van der Waals surface area (Å²) >= 11 is 0. The van der Waals surface area contributed by atoms with Gasteiger partial charge in [0.15, 0.2) is 17.2 Å². The summed E-state index contributed by atoms with van der Waals surface area (Å²) in [5.41, 5.74) is 1.68. The lowest BCUT2D eigenvalue weighted by Gasteiger charge is -2.13. The minimum Gasteiger partial charge on any atom is -0.547 e. The number of nitrogens with zero attached hydrogens (tertiary/aromatic N) is 3. The van der Waals surface area contributed by atoms with Crippen molar-refractivity contribution in [3.63, 3.8) is 0 Å². The standard InChI is InChI=1S/C10H9N3O.C10H18O3Si2/c1-14-9-7-11-13-12-10(9)8-5-3-2-4-6-8;1-3-14-12-9-7-5-6-8(11)10(9)13-15-4-2/h2-7H,1H3;5-7,11H,3-4,14-15H2,1-2H3. The summed E-state index contributed by atoms with van der Waals surface area (Å²) in [6.45, 7) is 4.20. The van der Waals surface area contributed by atoms with Gasteiger partial charge in [-0.1, -0.05) is 50.2 Å². The van der Waals surface area contributed by atoms with Crippen molar-refractivity contribution >= 4 is 19.5 Å². The van der Waals surface area contributed by atoms with Crippen LogP contribution >= 0.6 is 0 Å². The van der Waals surface area contributed by atoms with Crippen LogP contribution in [0.1, 0.15) is 13.8 Å². The van der Waals surface area contributed by atoms with E-state index >= 15 is 0 Å². The van der Waals surface area contributed by atoms with Crippen molar-refractivity contribution < 1.29 is 18.7 Å². The molecule has 2 aromatic carbocycles. The van der Waals surface area contributed by atoms with Crippen LogP contribution in [0.2, 0.25) is 12.1 Å². The van der Waals surface area contributed by atoms with Gasteiger partial charge in [-0.15, -0.1) is 10.2 Å². The van der Waals surface area contributed by atoms with E-state index in [0.29, 0.717) is 22.9 Å². The van der Waals surface area contributed by atoms with Crippen LogP contribution in [0.25, 0.3) is 11.3 Å². The molecule has 1 heterocycles. The zero-order chi connectivity index (χ0) is 20.9. The summed E-state index contributed by atoms with van der Waals surface area (Å²) in [7, 11) is 0.508. The van der Waals surface area contributed by atoms with Crippen molar-refractivity contribution in [2.75, 3.05) is 7.11 Å². The van der Waals surface area contributed by atoms with Gasteiger partial charge in [-0.05, 0) is 29.4 Å². The van der Waals surface area contributed by atoms with Crippen LogP contribution in [-0.2, 0) is 0 Å². The quantitative estimate of drug-likeness (QED) is 0.551. The minimum absolute atomic E-state index is 0.193. The molecule has 0 bridgehead atoms. The lowest BCUT2D eigenvalue weighted by atomic mass is 10.1. The van der Waals surface area contributed by atoms with Crippen molar-refractivity contribution in [1.82, 2.24) is 15.4 Å². The predicted octanol–water partition coefficient (Wildman–Crippen LogP) is 2.74. The molecule has 0 fully saturated rings. The Labute approximate surface area is 176 Å². The first-order valence-corrected chi connectivity index (χ1v) is 12.7. The Morgan fingerprint density at radius 2 is 1.62 bits per heavy atom. The van der Waals surface area contributed by atoms with E-state index < -0.39 is 19.5 Å². The number of aromatic hydroxyl groups is 1. The molecule has 1 aromatic heterocycles. The van der Waals surface area contributed by atoms with Crippen LogP contribution in [0, 0.1) is 0 Å². The predicted molar refractivity (Wildman–Crippen MR) is 119 cm³/mol. The Hall–Kier alpha value is -2.92. The third-order valence-corrected chi connectivity index (χ3v) is 5.57. The molecule has 0 unspecified atom stereocenters. The fourth-order valence-corrected chi connectivity index (χ4v) is 3.73.